The minimum atomic E-state index is -0.890. The van der Waals surface area contributed by atoms with Crippen molar-refractivity contribution in [2.24, 2.45) is 0 Å². The first-order valence-corrected chi connectivity index (χ1v) is 8.34. The van der Waals surface area contributed by atoms with Gasteiger partial charge in [0.15, 0.2) is 12.7 Å². The van der Waals surface area contributed by atoms with Crippen LogP contribution in [0.3, 0.4) is 0 Å². The fraction of sp³-hybridized carbons (Fsp3) is 0.211. The second kappa shape index (κ2) is 9.59. The number of carbonyl (C=O) groups excluding carboxylic acids is 3. The van der Waals surface area contributed by atoms with Crippen LogP contribution in [0.4, 0.5) is 5.69 Å². The largest absolute Gasteiger partial charge is 0.479 e. The molecule has 142 valence electrons. The molecule has 0 saturated carbocycles. The number of amides is 1. The smallest absolute Gasteiger partial charge is 0.347 e. The van der Waals surface area contributed by atoms with E-state index in [-0.39, 0.29) is 0 Å². The summed E-state index contributed by atoms with van der Waals surface area (Å²) in [5, 5.41) is 3.10. The Morgan fingerprint density at radius 2 is 1.67 bits per heavy atom. The van der Waals surface area contributed by atoms with E-state index in [1.165, 1.54) is 38.3 Å². The Hall–Kier alpha value is -3.06. The average molecular weight is 392 g/mol. The minimum absolute atomic E-state index is 0.357. The van der Waals surface area contributed by atoms with Crippen molar-refractivity contribution in [2.45, 2.75) is 13.0 Å². The normalized spacial score (nSPS) is 11.2. The summed E-state index contributed by atoms with van der Waals surface area (Å²) in [5.74, 6) is -1.22. The second-order valence-electron chi connectivity index (χ2n) is 5.44. The Balaban J connectivity index is 1.79. The van der Waals surface area contributed by atoms with E-state index in [1.54, 1.807) is 24.3 Å². The standard InChI is InChI=1S/C19H18ClNO6/c1-12(27-16-9-5-14(20)6-10-16)18(23)26-11-17(22)21-15-7-3-13(4-8-15)19(24)25-2/h3-10,12H,11H2,1-2H3,(H,21,22)/t12-/m0/s1. The molecule has 1 amide bonds. The van der Waals surface area contributed by atoms with Gasteiger partial charge in [-0.05, 0) is 55.5 Å². The summed E-state index contributed by atoms with van der Waals surface area (Å²) >= 11 is 5.78. The van der Waals surface area contributed by atoms with Gasteiger partial charge in [0.05, 0.1) is 12.7 Å². The minimum Gasteiger partial charge on any atom is -0.479 e. The summed E-state index contributed by atoms with van der Waals surface area (Å²) in [6, 6.07) is 12.6. The molecule has 0 bridgehead atoms. The number of benzene rings is 2. The van der Waals surface area contributed by atoms with Gasteiger partial charge in [0.2, 0.25) is 0 Å². The number of ether oxygens (including phenoxy) is 3. The Labute approximate surface area is 161 Å². The van der Waals surface area contributed by atoms with Crippen LogP contribution in [0.1, 0.15) is 17.3 Å². The number of anilines is 1. The molecule has 2 aromatic rings. The van der Waals surface area contributed by atoms with E-state index in [0.717, 1.165) is 0 Å². The van der Waals surface area contributed by atoms with Crippen LogP contribution in [-0.2, 0) is 19.1 Å². The van der Waals surface area contributed by atoms with E-state index < -0.39 is 30.6 Å². The third kappa shape index (κ3) is 6.31. The molecule has 1 N–H and O–H groups in total. The van der Waals surface area contributed by atoms with Crippen molar-refractivity contribution < 1.29 is 28.6 Å². The summed E-state index contributed by atoms with van der Waals surface area (Å²) in [6.45, 7) is 1.05. The lowest BCUT2D eigenvalue weighted by molar-refractivity contribution is -0.153. The number of esters is 2. The zero-order valence-corrected chi connectivity index (χ0v) is 15.5. The molecule has 0 aromatic heterocycles. The van der Waals surface area contributed by atoms with Crippen LogP contribution in [0.2, 0.25) is 5.02 Å². The van der Waals surface area contributed by atoms with Crippen LogP contribution in [0, 0.1) is 0 Å². The van der Waals surface area contributed by atoms with E-state index >= 15 is 0 Å². The number of halogens is 1. The number of hydrogen-bond acceptors (Lipinski definition) is 6. The van der Waals surface area contributed by atoms with Crippen LogP contribution in [-0.4, -0.2) is 37.7 Å². The Morgan fingerprint density at radius 1 is 1.04 bits per heavy atom. The van der Waals surface area contributed by atoms with Crippen molar-refractivity contribution in [1.82, 2.24) is 0 Å². The van der Waals surface area contributed by atoms with E-state index in [0.29, 0.717) is 22.0 Å². The lowest BCUT2D eigenvalue weighted by Gasteiger charge is -2.14. The molecule has 0 saturated heterocycles. The molecule has 2 rings (SSSR count). The molecule has 0 spiro atoms. The molecule has 1 atom stereocenters. The number of nitrogens with one attached hydrogen (secondary N) is 1. The van der Waals surface area contributed by atoms with Crippen molar-refractivity contribution in [3.8, 4) is 5.75 Å². The molecule has 0 unspecified atom stereocenters. The van der Waals surface area contributed by atoms with E-state index in [1.807, 2.05) is 0 Å². The van der Waals surface area contributed by atoms with Crippen molar-refractivity contribution in [2.75, 3.05) is 19.0 Å². The van der Waals surface area contributed by atoms with Gasteiger partial charge in [-0.3, -0.25) is 4.79 Å². The van der Waals surface area contributed by atoms with Gasteiger partial charge in [-0.2, -0.15) is 0 Å². The van der Waals surface area contributed by atoms with Crippen LogP contribution in [0.5, 0.6) is 5.75 Å². The summed E-state index contributed by atoms with van der Waals surface area (Å²) < 4.78 is 14.9. The van der Waals surface area contributed by atoms with E-state index in [4.69, 9.17) is 21.1 Å². The third-order valence-electron chi connectivity index (χ3n) is 3.39. The first-order chi connectivity index (χ1) is 12.9. The number of carbonyl (C=O) groups is 3. The molecule has 27 heavy (non-hydrogen) atoms. The number of hydrogen-bond donors (Lipinski definition) is 1. The molecule has 2 aromatic carbocycles. The highest BCUT2D eigenvalue weighted by molar-refractivity contribution is 6.30. The van der Waals surface area contributed by atoms with Gasteiger partial charge in [0.1, 0.15) is 5.75 Å². The summed E-state index contributed by atoms with van der Waals surface area (Å²) in [4.78, 5) is 35.1. The first kappa shape index (κ1) is 20.3. The Bertz CT molecular complexity index is 804. The predicted molar refractivity (Wildman–Crippen MR) is 98.9 cm³/mol. The summed E-state index contributed by atoms with van der Waals surface area (Å²) in [5.41, 5.74) is 0.810. The molecule has 8 heteroatoms. The van der Waals surface area contributed by atoms with E-state index in [2.05, 4.69) is 10.1 Å². The predicted octanol–water partition coefficient (Wildman–Crippen LogP) is 3.08. The first-order valence-electron chi connectivity index (χ1n) is 7.96. The summed E-state index contributed by atoms with van der Waals surface area (Å²) in [6.07, 6.45) is -0.890. The lowest BCUT2D eigenvalue weighted by atomic mass is 10.2. The van der Waals surface area contributed by atoms with Gasteiger partial charge >= 0.3 is 11.9 Å². The van der Waals surface area contributed by atoms with Crippen molar-refractivity contribution >= 4 is 35.1 Å². The second-order valence-corrected chi connectivity index (χ2v) is 5.88. The fourth-order valence-electron chi connectivity index (χ4n) is 2.02. The maximum absolute atomic E-state index is 11.9. The molecule has 0 heterocycles. The molecule has 0 fully saturated rings. The van der Waals surface area contributed by atoms with Gasteiger partial charge in [-0.25, -0.2) is 9.59 Å². The monoisotopic (exact) mass is 391 g/mol. The average Bonchev–Trinajstić information content (AvgIpc) is 2.67. The molecule has 0 radical (unpaired) electrons. The van der Waals surface area contributed by atoms with Gasteiger partial charge in [-0.1, -0.05) is 11.6 Å². The Kier molecular flexibility index (Phi) is 7.19. The third-order valence-corrected chi connectivity index (χ3v) is 3.65. The van der Waals surface area contributed by atoms with Gasteiger partial charge < -0.3 is 19.5 Å². The van der Waals surface area contributed by atoms with Gasteiger partial charge in [0.25, 0.3) is 5.91 Å². The molecule has 0 aliphatic rings. The molecule has 7 nitrogen and oxygen atoms in total. The van der Waals surface area contributed by atoms with Crippen molar-refractivity contribution in [1.29, 1.82) is 0 Å². The summed E-state index contributed by atoms with van der Waals surface area (Å²) in [7, 11) is 1.28. The highest BCUT2D eigenvalue weighted by Crippen LogP contribution is 2.17. The zero-order valence-electron chi connectivity index (χ0n) is 14.7. The van der Waals surface area contributed by atoms with Crippen LogP contribution in [0.15, 0.2) is 48.5 Å². The van der Waals surface area contributed by atoms with E-state index in [9.17, 15) is 14.4 Å². The molecule has 0 aliphatic carbocycles. The molecular weight excluding hydrogens is 374 g/mol. The van der Waals surface area contributed by atoms with Crippen LogP contribution < -0.4 is 10.1 Å². The van der Waals surface area contributed by atoms with Gasteiger partial charge in [-0.15, -0.1) is 0 Å². The zero-order chi connectivity index (χ0) is 19.8. The van der Waals surface area contributed by atoms with Crippen molar-refractivity contribution in [3.63, 3.8) is 0 Å². The quantitative estimate of drug-likeness (QED) is 0.729. The highest BCUT2D eigenvalue weighted by atomic mass is 35.5. The Morgan fingerprint density at radius 3 is 2.26 bits per heavy atom. The van der Waals surface area contributed by atoms with Crippen molar-refractivity contribution in [3.05, 3.63) is 59.1 Å². The maximum atomic E-state index is 11.9. The maximum Gasteiger partial charge on any atom is 0.347 e. The van der Waals surface area contributed by atoms with Gasteiger partial charge in [0, 0.05) is 10.7 Å². The topological polar surface area (TPSA) is 90.9 Å². The highest BCUT2D eigenvalue weighted by Gasteiger charge is 2.18. The lowest BCUT2D eigenvalue weighted by Crippen LogP contribution is -2.29. The van der Waals surface area contributed by atoms with Crippen LogP contribution >= 0.6 is 11.6 Å². The number of rotatable bonds is 7. The molecular formula is C19H18ClNO6. The van der Waals surface area contributed by atoms with Crippen LogP contribution in [0.25, 0.3) is 0 Å². The number of methoxy groups -OCH3 is 1. The SMILES string of the molecule is COC(=O)c1ccc(NC(=O)COC(=O)[C@H](C)Oc2ccc(Cl)cc2)cc1. The fourth-order valence-corrected chi connectivity index (χ4v) is 2.15. The molecule has 0 aliphatic heterocycles.